The summed E-state index contributed by atoms with van der Waals surface area (Å²) < 4.78 is 1.00. The lowest BCUT2D eigenvalue weighted by Gasteiger charge is -2.20. The van der Waals surface area contributed by atoms with Crippen LogP contribution in [0.4, 0.5) is 0 Å². The molecule has 1 amide bonds. The molecule has 1 saturated heterocycles. The van der Waals surface area contributed by atoms with Crippen molar-refractivity contribution in [3.8, 4) is 0 Å². The molecule has 1 aliphatic rings. The molecule has 1 fully saturated rings. The Labute approximate surface area is 111 Å². The number of carbonyl (C=O) groups is 1. The van der Waals surface area contributed by atoms with Crippen molar-refractivity contribution < 1.29 is 4.79 Å². The number of nitrogens with zero attached hydrogens (tertiary/aromatic N) is 2. The van der Waals surface area contributed by atoms with Crippen molar-refractivity contribution in [2.24, 2.45) is 0 Å². The Hall–Kier alpha value is -0.870. The molecule has 3 nitrogen and oxygen atoms in total. The highest BCUT2D eigenvalue weighted by atomic mass is 79.9. The van der Waals surface area contributed by atoms with Gasteiger partial charge in [0.05, 0.1) is 0 Å². The highest BCUT2D eigenvalue weighted by Gasteiger charge is 2.27. The zero-order valence-electron chi connectivity index (χ0n) is 10.2. The van der Waals surface area contributed by atoms with Crippen molar-refractivity contribution in [2.75, 3.05) is 27.2 Å². The van der Waals surface area contributed by atoms with Crippen molar-refractivity contribution in [2.45, 2.75) is 12.5 Å². The van der Waals surface area contributed by atoms with Crippen LogP contribution in [-0.2, 0) is 0 Å². The molecule has 1 aliphatic heterocycles. The van der Waals surface area contributed by atoms with Gasteiger partial charge in [-0.25, -0.2) is 0 Å². The maximum absolute atomic E-state index is 12.2. The van der Waals surface area contributed by atoms with E-state index in [1.807, 2.05) is 29.2 Å². The molecule has 2 rings (SSSR count). The summed E-state index contributed by atoms with van der Waals surface area (Å²) in [4.78, 5) is 16.3. The molecule has 92 valence electrons. The largest absolute Gasteiger partial charge is 0.337 e. The summed E-state index contributed by atoms with van der Waals surface area (Å²) in [5.41, 5.74) is 0.771. The topological polar surface area (TPSA) is 23.6 Å². The van der Waals surface area contributed by atoms with E-state index in [-0.39, 0.29) is 5.91 Å². The number of carbonyl (C=O) groups excluding carboxylic acids is 1. The molecule has 1 atom stereocenters. The van der Waals surface area contributed by atoms with E-state index in [0.29, 0.717) is 6.04 Å². The minimum atomic E-state index is 0.141. The van der Waals surface area contributed by atoms with Crippen LogP contribution in [0.2, 0.25) is 0 Å². The van der Waals surface area contributed by atoms with Crippen LogP contribution < -0.4 is 0 Å². The van der Waals surface area contributed by atoms with Crippen LogP contribution in [0.25, 0.3) is 0 Å². The van der Waals surface area contributed by atoms with E-state index in [4.69, 9.17) is 0 Å². The normalized spacial score (nSPS) is 20.0. The molecular weight excluding hydrogens is 280 g/mol. The molecule has 17 heavy (non-hydrogen) atoms. The third-order valence-corrected chi connectivity index (χ3v) is 3.80. The van der Waals surface area contributed by atoms with Gasteiger partial charge in [0.15, 0.2) is 0 Å². The zero-order valence-corrected chi connectivity index (χ0v) is 11.8. The predicted octanol–water partition coefficient (Wildman–Crippen LogP) is 2.23. The predicted molar refractivity (Wildman–Crippen MR) is 72.1 cm³/mol. The van der Waals surface area contributed by atoms with Gasteiger partial charge >= 0.3 is 0 Å². The Morgan fingerprint density at radius 2 is 2.00 bits per heavy atom. The van der Waals surface area contributed by atoms with Gasteiger partial charge in [-0.15, -0.1) is 0 Å². The summed E-state index contributed by atoms with van der Waals surface area (Å²) in [5.74, 6) is 0.141. The van der Waals surface area contributed by atoms with Crippen molar-refractivity contribution in [3.63, 3.8) is 0 Å². The number of halogens is 1. The average molecular weight is 297 g/mol. The Kier molecular flexibility index (Phi) is 3.84. The van der Waals surface area contributed by atoms with Crippen LogP contribution >= 0.6 is 15.9 Å². The molecule has 1 unspecified atom stereocenters. The maximum Gasteiger partial charge on any atom is 0.253 e. The van der Waals surface area contributed by atoms with E-state index in [1.54, 1.807) is 0 Å². The third kappa shape index (κ3) is 2.87. The van der Waals surface area contributed by atoms with Crippen molar-refractivity contribution in [3.05, 3.63) is 34.3 Å². The molecule has 1 aromatic rings. The molecule has 0 spiro atoms. The molecule has 0 radical (unpaired) electrons. The fourth-order valence-electron chi connectivity index (χ4n) is 2.12. The molecule has 0 saturated carbocycles. The second kappa shape index (κ2) is 5.19. The molecule has 1 heterocycles. The molecule has 0 aromatic heterocycles. The molecule has 0 bridgehead atoms. The van der Waals surface area contributed by atoms with E-state index >= 15 is 0 Å². The second-order valence-electron chi connectivity index (χ2n) is 4.66. The van der Waals surface area contributed by atoms with E-state index < -0.39 is 0 Å². The van der Waals surface area contributed by atoms with Gasteiger partial charge < -0.3 is 9.80 Å². The van der Waals surface area contributed by atoms with Crippen LogP contribution in [0.5, 0.6) is 0 Å². The fraction of sp³-hybridized carbons (Fsp3) is 0.462. The first-order valence-electron chi connectivity index (χ1n) is 5.79. The van der Waals surface area contributed by atoms with E-state index in [1.165, 1.54) is 0 Å². The van der Waals surface area contributed by atoms with Crippen molar-refractivity contribution in [1.82, 2.24) is 9.80 Å². The van der Waals surface area contributed by atoms with Gasteiger partial charge in [0.2, 0.25) is 0 Å². The van der Waals surface area contributed by atoms with Gasteiger partial charge in [-0.3, -0.25) is 4.79 Å². The molecular formula is C13H17BrN2O. The van der Waals surface area contributed by atoms with Gasteiger partial charge in [0, 0.05) is 29.2 Å². The van der Waals surface area contributed by atoms with Crippen molar-refractivity contribution in [1.29, 1.82) is 0 Å². The first-order chi connectivity index (χ1) is 8.08. The summed E-state index contributed by atoms with van der Waals surface area (Å²) in [6.07, 6.45) is 1.06. The van der Waals surface area contributed by atoms with Gasteiger partial charge in [0.1, 0.15) is 0 Å². The number of hydrogen-bond acceptors (Lipinski definition) is 2. The SMILES string of the molecule is CN(C)C1CCN(C(=O)c2ccc(Br)cc2)C1. The van der Waals surface area contributed by atoms with Crippen LogP contribution in [0.15, 0.2) is 28.7 Å². The smallest absolute Gasteiger partial charge is 0.253 e. The maximum atomic E-state index is 12.2. The highest BCUT2D eigenvalue weighted by Crippen LogP contribution is 2.17. The minimum absolute atomic E-state index is 0.141. The minimum Gasteiger partial charge on any atom is -0.337 e. The summed E-state index contributed by atoms with van der Waals surface area (Å²) >= 11 is 3.38. The average Bonchev–Trinajstić information content (AvgIpc) is 2.78. The molecule has 4 heteroatoms. The van der Waals surface area contributed by atoms with E-state index in [2.05, 4.69) is 34.9 Å². The lowest BCUT2D eigenvalue weighted by Crippen LogP contribution is -2.34. The van der Waals surface area contributed by atoms with Crippen molar-refractivity contribution >= 4 is 21.8 Å². The van der Waals surface area contributed by atoms with Gasteiger partial charge in [-0.2, -0.15) is 0 Å². The summed E-state index contributed by atoms with van der Waals surface area (Å²) in [6, 6.07) is 8.05. The number of benzene rings is 1. The van der Waals surface area contributed by atoms with Gasteiger partial charge in [-0.1, -0.05) is 15.9 Å². The van der Waals surface area contributed by atoms with Crippen LogP contribution in [0.3, 0.4) is 0 Å². The monoisotopic (exact) mass is 296 g/mol. The number of likely N-dealkylation sites (tertiary alicyclic amines) is 1. The molecule has 1 aromatic carbocycles. The Morgan fingerprint density at radius 3 is 2.53 bits per heavy atom. The number of amides is 1. The Bertz CT molecular complexity index is 402. The van der Waals surface area contributed by atoms with E-state index in [9.17, 15) is 4.79 Å². The lowest BCUT2D eigenvalue weighted by molar-refractivity contribution is 0.0783. The zero-order chi connectivity index (χ0) is 12.4. The van der Waals surface area contributed by atoms with Crippen LogP contribution in [-0.4, -0.2) is 48.9 Å². The number of likely N-dealkylation sites (N-methyl/N-ethyl adjacent to an activating group) is 1. The summed E-state index contributed by atoms with van der Waals surface area (Å²) in [7, 11) is 4.14. The standard InChI is InChI=1S/C13H17BrN2O/c1-15(2)12-7-8-16(9-12)13(17)10-3-5-11(14)6-4-10/h3-6,12H,7-9H2,1-2H3. The third-order valence-electron chi connectivity index (χ3n) is 3.27. The van der Waals surface area contributed by atoms with Gasteiger partial charge in [-0.05, 0) is 44.8 Å². The van der Waals surface area contributed by atoms with Gasteiger partial charge in [0.25, 0.3) is 5.91 Å². The second-order valence-corrected chi connectivity index (χ2v) is 5.58. The van der Waals surface area contributed by atoms with E-state index in [0.717, 1.165) is 29.5 Å². The first kappa shape index (κ1) is 12.6. The van der Waals surface area contributed by atoms with Crippen LogP contribution in [0.1, 0.15) is 16.8 Å². The first-order valence-corrected chi connectivity index (χ1v) is 6.58. The Balaban J connectivity index is 2.04. The summed E-state index contributed by atoms with van der Waals surface area (Å²) in [6.45, 7) is 1.69. The highest BCUT2D eigenvalue weighted by molar-refractivity contribution is 9.10. The number of hydrogen-bond donors (Lipinski definition) is 0. The van der Waals surface area contributed by atoms with Crippen LogP contribution in [0, 0.1) is 0 Å². The number of rotatable bonds is 2. The molecule has 0 aliphatic carbocycles. The molecule has 0 N–H and O–H groups in total. The summed E-state index contributed by atoms with van der Waals surface area (Å²) in [5, 5.41) is 0. The quantitative estimate of drug-likeness (QED) is 0.836. The lowest BCUT2D eigenvalue weighted by atomic mass is 10.2. The fourth-order valence-corrected chi connectivity index (χ4v) is 2.39. The Morgan fingerprint density at radius 1 is 1.35 bits per heavy atom.